The van der Waals surface area contributed by atoms with Crippen LogP contribution in [0.2, 0.25) is 0 Å². The minimum atomic E-state index is -2.04. The van der Waals surface area contributed by atoms with E-state index >= 15 is 0 Å². The quantitative estimate of drug-likeness (QED) is 0.138. The van der Waals surface area contributed by atoms with Gasteiger partial charge in [0.15, 0.2) is 0 Å². The van der Waals surface area contributed by atoms with Crippen molar-refractivity contribution in [1.29, 1.82) is 15.8 Å². The van der Waals surface area contributed by atoms with Gasteiger partial charge in [0.1, 0.15) is 0 Å². The molecule has 0 unspecified atom stereocenters. The fourth-order valence-electron chi connectivity index (χ4n) is 0.179. The van der Waals surface area contributed by atoms with E-state index in [1.54, 1.807) is 0 Å². The van der Waals surface area contributed by atoms with Gasteiger partial charge in [-0.1, -0.05) is 0 Å². The van der Waals surface area contributed by atoms with Crippen molar-refractivity contribution in [2.24, 2.45) is 0 Å². The smallest absolute Gasteiger partial charge is 1.00 e. The standard InChI is InChI=1S/C3H2N2O3.CH2BNO4.Li.H/c4-1-7-3(6)8-2-5;3-1-6-7-2(4)5;;/h3,6H;4-5H;;/q;;+1;-1. The number of aliphatic hydroxyl groups is 1. The second kappa shape index (κ2) is 15.8. The van der Waals surface area contributed by atoms with Crippen LogP contribution in [0.15, 0.2) is 0 Å². The van der Waals surface area contributed by atoms with Crippen LogP contribution in [0.25, 0.3) is 0 Å². The van der Waals surface area contributed by atoms with Crippen molar-refractivity contribution >= 4 is 7.32 Å². The first kappa shape index (κ1) is 19.9. The van der Waals surface area contributed by atoms with Gasteiger partial charge in [0.25, 0.3) is 12.5 Å². The van der Waals surface area contributed by atoms with Crippen LogP contribution in [-0.2, 0) is 19.2 Å². The minimum absolute atomic E-state index is 0. The maximum Gasteiger partial charge on any atom is 1.00 e. The Morgan fingerprint density at radius 2 is 1.50 bits per heavy atom. The first-order valence-corrected chi connectivity index (χ1v) is 2.93. The van der Waals surface area contributed by atoms with Gasteiger partial charge in [-0.2, -0.15) is 15.3 Å². The summed E-state index contributed by atoms with van der Waals surface area (Å²) < 4.78 is 7.40. The van der Waals surface area contributed by atoms with Gasteiger partial charge >= 0.3 is 38.9 Å². The molecule has 0 spiro atoms. The molecule has 0 heterocycles. The predicted molar refractivity (Wildman–Crippen MR) is 38.5 cm³/mol. The number of nitriles is 3. The molecule has 0 aliphatic carbocycles. The van der Waals surface area contributed by atoms with Gasteiger partial charge in [-0.3, -0.25) is 4.89 Å². The molecule has 0 aliphatic rings. The molecule has 10 nitrogen and oxygen atoms in total. The van der Waals surface area contributed by atoms with E-state index in [1.165, 1.54) is 0 Å². The predicted octanol–water partition coefficient (Wildman–Crippen LogP) is -5.24. The molecule has 0 saturated heterocycles. The monoisotopic (exact) mass is 225 g/mol. The molecular weight excluding hydrogens is 220 g/mol. The Labute approximate surface area is 103 Å². The molecule has 0 fully saturated rings. The summed E-state index contributed by atoms with van der Waals surface area (Å²) in [5, 5.41) is 46.4. The molecule has 0 aromatic rings. The van der Waals surface area contributed by atoms with Crippen LogP contribution in [0, 0.1) is 34.6 Å². The first-order valence-electron chi connectivity index (χ1n) is 2.93. The summed E-state index contributed by atoms with van der Waals surface area (Å²) in [7, 11) is -2.04. The molecule has 0 saturated carbocycles. The molecule has 82 valence electrons. The Morgan fingerprint density at radius 3 is 1.69 bits per heavy atom. The van der Waals surface area contributed by atoms with Crippen molar-refractivity contribution in [3.63, 3.8) is 0 Å². The number of ether oxygens (including phenoxy) is 2. The number of aliphatic hydroxyl groups excluding tert-OH is 1. The van der Waals surface area contributed by atoms with Gasteiger partial charge < -0.3 is 26.1 Å². The van der Waals surface area contributed by atoms with E-state index in [2.05, 4.69) is 19.2 Å². The van der Waals surface area contributed by atoms with Gasteiger partial charge in [-0.15, -0.1) is 5.26 Å². The van der Waals surface area contributed by atoms with E-state index < -0.39 is 13.8 Å². The summed E-state index contributed by atoms with van der Waals surface area (Å²) in [5.74, 6) is 0. The Hall–Kier alpha value is -1.63. The Bertz CT molecular complexity index is 260. The van der Waals surface area contributed by atoms with E-state index in [0.29, 0.717) is 0 Å². The molecule has 0 atom stereocenters. The third-order valence-electron chi connectivity index (χ3n) is 0.478. The molecule has 12 heteroatoms. The largest absolute Gasteiger partial charge is 1.00 e. The van der Waals surface area contributed by atoms with Crippen molar-refractivity contribution in [3.05, 3.63) is 0 Å². The second-order valence-electron chi connectivity index (χ2n) is 1.32. The van der Waals surface area contributed by atoms with E-state index in [-0.39, 0.29) is 20.3 Å². The van der Waals surface area contributed by atoms with Crippen LogP contribution in [0.1, 0.15) is 1.43 Å². The van der Waals surface area contributed by atoms with E-state index in [4.69, 9.17) is 30.9 Å². The number of hydrogen-bond donors (Lipinski definition) is 3. The van der Waals surface area contributed by atoms with Gasteiger partial charge in [0, 0.05) is 0 Å². The molecule has 3 N–H and O–H groups in total. The minimum Gasteiger partial charge on any atom is -1.00 e. The summed E-state index contributed by atoms with van der Waals surface area (Å²) in [4.78, 5) is 6.84. The number of nitrogens with zero attached hydrogens (tertiary/aromatic N) is 3. The Morgan fingerprint density at radius 1 is 1.06 bits per heavy atom. The zero-order chi connectivity index (χ0) is 12.1. The zero-order valence-electron chi connectivity index (χ0n) is 8.97. The van der Waals surface area contributed by atoms with Crippen LogP contribution < -0.4 is 18.9 Å². The van der Waals surface area contributed by atoms with Gasteiger partial charge in [-0.25, -0.2) is 0 Å². The molecule has 0 aromatic carbocycles. The molecule has 0 rings (SSSR count). The average Bonchev–Trinajstić information content (AvgIpc) is 2.16. The summed E-state index contributed by atoms with van der Waals surface area (Å²) in [5.41, 5.74) is 0. The summed E-state index contributed by atoms with van der Waals surface area (Å²) in [6, 6.07) is 0. The normalized spacial score (nSPS) is 6.56. The van der Waals surface area contributed by atoms with Crippen LogP contribution in [0.3, 0.4) is 0 Å². The third kappa shape index (κ3) is 22.8. The Balaban J connectivity index is -0.0000000896. The molecule has 16 heavy (non-hydrogen) atoms. The molecular formula is C4H5BLiN3O7. The van der Waals surface area contributed by atoms with Crippen molar-refractivity contribution in [2.45, 2.75) is 6.48 Å². The van der Waals surface area contributed by atoms with E-state index in [1.807, 2.05) is 0 Å². The van der Waals surface area contributed by atoms with Crippen LogP contribution >= 0.6 is 0 Å². The van der Waals surface area contributed by atoms with Crippen LogP contribution in [0.5, 0.6) is 0 Å². The van der Waals surface area contributed by atoms with Crippen molar-refractivity contribution < 1.29 is 54.6 Å². The van der Waals surface area contributed by atoms with Crippen molar-refractivity contribution in [3.8, 4) is 18.8 Å². The fraction of sp³-hybridized carbons (Fsp3) is 0.250. The number of hydrogen-bond acceptors (Lipinski definition) is 10. The fourth-order valence-corrected chi connectivity index (χ4v) is 0.179. The SMILES string of the molecule is N#COC(O)OC#N.N#COOB(O)O.[H-].[Li+]. The molecule has 0 amide bonds. The topological polar surface area (TPSA) is 169 Å². The van der Waals surface area contributed by atoms with Gasteiger partial charge in [0.2, 0.25) is 0 Å². The zero-order valence-corrected chi connectivity index (χ0v) is 7.97. The maximum atomic E-state index is 8.16. The molecule has 0 aromatic heterocycles. The summed E-state index contributed by atoms with van der Waals surface area (Å²) in [6.45, 7) is -1.76. The maximum absolute atomic E-state index is 8.16. The molecule has 0 radical (unpaired) electrons. The second-order valence-corrected chi connectivity index (χ2v) is 1.32. The van der Waals surface area contributed by atoms with Crippen LogP contribution in [0.4, 0.5) is 0 Å². The van der Waals surface area contributed by atoms with Gasteiger partial charge in [0.05, 0.1) is 0 Å². The molecule has 0 aliphatic heterocycles. The first-order chi connectivity index (χ1) is 7.08. The van der Waals surface area contributed by atoms with Crippen molar-refractivity contribution in [1.82, 2.24) is 0 Å². The van der Waals surface area contributed by atoms with E-state index in [9.17, 15) is 0 Å². The van der Waals surface area contributed by atoms with Gasteiger partial charge in [-0.05, 0) is 0 Å². The van der Waals surface area contributed by atoms with E-state index in [0.717, 1.165) is 18.8 Å². The summed E-state index contributed by atoms with van der Waals surface area (Å²) in [6.07, 6.45) is 3.31. The summed E-state index contributed by atoms with van der Waals surface area (Å²) >= 11 is 0. The Kier molecular flexibility index (Phi) is 19.7. The molecule has 0 bridgehead atoms. The van der Waals surface area contributed by atoms with Crippen molar-refractivity contribution in [2.75, 3.05) is 0 Å². The third-order valence-corrected chi connectivity index (χ3v) is 0.478. The number of rotatable bonds is 4. The van der Waals surface area contributed by atoms with Crippen LogP contribution in [-0.4, -0.2) is 29.0 Å². The average molecular weight is 225 g/mol.